The number of fused-ring (bicyclic) bond motifs is 1. The van der Waals surface area contributed by atoms with E-state index in [1.165, 1.54) is 0 Å². The topological polar surface area (TPSA) is 102 Å². The molecule has 0 aliphatic rings. The van der Waals surface area contributed by atoms with Crippen LogP contribution in [0.1, 0.15) is 46.1 Å². The third kappa shape index (κ3) is 4.80. The van der Waals surface area contributed by atoms with Crippen molar-refractivity contribution in [3.8, 4) is 5.69 Å². The minimum Gasteiger partial charge on any atom is -0.349 e. The van der Waals surface area contributed by atoms with Crippen molar-refractivity contribution in [2.24, 2.45) is 0 Å². The lowest BCUT2D eigenvalue weighted by atomic mass is 10.2. The SMILES string of the molecule is Cc1ccc2cc(-n3cc(CNC(=O)c4cccc(C(=O)NC(C)C)n4)cn3)ccc2n1. The minimum atomic E-state index is -0.357. The van der Waals surface area contributed by atoms with E-state index in [0.29, 0.717) is 0 Å². The number of aromatic nitrogens is 4. The molecule has 0 atom stereocenters. The van der Waals surface area contributed by atoms with Crippen LogP contribution in [-0.2, 0) is 6.54 Å². The van der Waals surface area contributed by atoms with Crippen LogP contribution in [0.25, 0.3) is 16.6 Å². The first-order valence-corrected chi connectivity index (χ1v) is 10.4. The Hall–Kier alpha value is -4.07. The Balaban J connectivity index is 1.43. The van der Waals surface area contributed by atoms with E-state index in [1.807, 2.05) is 57.3 Å². The summed E-state index contributed by atoms with van der Waals surface area (Å²) in [5, 5.41) is 11.0. The molecular weight excluding hydrogens is 404 g/mol. The van der Waals surface area contributed by atoms with Crippen molar-refractivity contribution in [1.82, 2.24) is 30.4 Å². The second-order valence-electron chi connectivity index (χ2n) is 7.84. The molecule has 0 aliphatic carbocycles. The molecule has 0 radical (unpaired) electrons. The largest absolute Gasteiger partial charge is 0.349 e. The van der Waals surface area contributed by atoms with Crippen molar-refractivity contribution in [3.63, 3.8) is 0 Å². The normalized spacial score (nSPS) is 11.0. The number of rotatable bonds is 6. The van der Waals surface area contributed by atoms with Crippen LogP contribution in [0.2, 0.25) is 0 Å². The van der Waals surface area contributed by atoms with Gasteiger partial charge in [0, 0.05) is 35.4 Å². The van der Waals surface area contributed by atoms with Gasteiger partial charge >= 0.3 is 0 Å². The number of pyridine rings is 2. The molecule has 2 N–H and O–H groups in total. The highest BCUT2D eigenvalue weighted by molar-refractivity contribution is 5.96. The first-order valence-electron chi connectivity index (χ1n) is 10.4. The quantitative estimate of drug-likeness (QED) is 0.491. The fraction of sp³-hybridized carbons (Fsp3) is 0.208. The molecule has 2 amide bonds. The molecule has 8 nitrogen and oxygen atoms in total. The van der Waals surface area contributed by atoms with Gasteiger partial charge in [-0.2, -0.15) is 5.10 Å². The number of nitrogens with zero attached hydrogens (tertiary/aromatic N) is 4. The van der Waals surface area contributed by atoms with Gasteiger partial charge in [0.15, 0.2) is 0 Å². The Labute approximate surface area is 185 Å². The summed E-state index contributed by atoms with van der Waals surface area (Å²) in [5.74, 6) is -0.666. The maximum absolute atomic E-state index is 12.5. The van der Waals surface area contributed by atoms with E-state index in [4.69, 9.17) is 0 Å². The summed E-state index contributed by atoms with van der Waals surface area (Å²) in [5.41, 5.74) is 4.06. The predicted molar refractivity (Wildman–Crippen MR) is 122 cm³/mol. The number of hydrogen-bond acceptors (Lipinski definition) is 5. The van der Waals surface area contributed by atoms with Crippen LogP contribution in [0.3, 0.4) is 0 Å². The van der Waals surface area contributed by atoms with Crippen molar-refractivity contribution in [3.05, 3.63) is 83.6 Å². The molecule has 8 heteroatoms. The Morgan fingerprint density at radius 3 is 2.56 bits per heavy atom. The molecule has 0 unspecified atom stereocenters. The highest BCUT2D eigenvalue weighted by atomic mass is 16.2. The highest BCUT2D eigenvalue weighted by Gasteiger charge is 2.13. The number of amides is 2. The number of nitrogens with one attached hydrogen (secondary N) is 2. The smallest absolute Gasteiger partial charge is 0.270 e. The van der Waals surface area contributed by atoms with Gasteiger partial charge in [0.2, 0.25) is 0 Å². The van der Waals surface area contributed by atoms with Gasteiger partial charge in [-0.3, -0.25) is 14.6 Å². The molecule has 0 bridgehead atoms. The van der Waals surface area contributed by atoms with Crippen LogP contribution in [0, 0.1) is 6.92 Å². The maximum atomic E-state index is 12.5. The Bertz CT molecular complexity index is 1290. The molecule has 0 fully saturated rings. The van der Waals surface area contributed by atoms with Crippen LogP contribution in [0.4, 0.5) is 0 Å². The first-order chi connectivity index (χ1) is 15.4. The van der Waals surface area contributed by atoms with Gasteiger partial charge in [0.1, 0.15) is 11.4 Å². The van der Waals surface area contributed by atoms with Gasteiger partial charge in [-0.25, -0.2) is 9.67 Å². The van der Waals surface area contributed by atoms with E-state index in [-0.39, 0.29) is 35.8 Å². The number of benzene rings is 1. The van der Waals surface area contributed by atoms with Crippen molar-refractivity contribution in [1.29, 1.82) is 0 Å². The molecule has 4 rings (SSSR count). The number of aryl methyl sites for hydroxylation is 1. The van der Waals surface area contributed by atoms with Crippen molar-refractivity contribution < 1.29 is 9.59 Å². The molecule has 0 spiro atoms. The maximum Gasteiger partial charge on any atom is 0.270 e. The molecule has 1 aromatic carbocycles. The van der Waals surface area contributed by atoms with Crippen molar-refractivity contribution in [2.75, 3.05) is 0 Å². The van der Waals surface area contributed by atoms with Gasteiger partial charge in [0.05, 0.1) is 17.4 Å². The number of carbonyl (C=O) groups excluding carboxylic acids is 2. The van der Waals surface area contributed by atoms with Crippen LogP contribution in [-0.4, -0.2) is 37.6 Å². The summed E-state index contributed by atoms with van der Waals surface area (Å²) in [6.07, 6.45) is 3.57. The van der Waals surface area contributed by atoms with Crippen molar-refractivity contribution >= 4 is 22.7 Å². The van der Waals surface area contributed by atoms with Gasteiger partial charge < -0.3 is 10.6 Å². The first kappa shape index (κ1) is 21.2. The van der Waals surface area contributed by atoms with Crippen LogP contribution < -0.4 is 10.6 Å². The van der Waals surface area contributed by atoms with Gasteiger partial charge in [-0.05, 0) is 57.2 Å². The fourth-order valence-corrected chi connectivity index (χ4v) is 3.25. The fourth-order valence-electron chi connectivity index (χ4n) is 3.25. The monoisotopic (exact) mass is 428 g/mol. The van der Waals surface area contributed by atoms with E-state index in [1.54, 1.807) is 29.1 Å². The summed E-state index contributed by atoms with van der Waals surface area (Å²) in [7, 11) is 0. The summed E-state index contributed by atoms with van der Waals surface area (Å²) in [4.78, 5) is 33.3. The lowest BCUT2D eigenvalue weighted by molar-refractivity contribution is 0.0936. The zero-order valence-corrected chi connectivity index (χ0v) is 18.2. The summed E-state index contributed by atoms with van der Waals surface area (Å²) in [6, 6.07) is 14.8. The molecule has 3 aromatic heterocycles. The zero-order valence-electron chi connectivity index (χ0n) is 18.2. The molecule has 0 saturated carbocycles. The van der Waals surface area contributed by atoms with Crippen LogP contribution >= 0.6 is 0 Å². The summed E-state index contributed by atoms with van der Waals surface area (Å²) < 4.78 is 1.76. The predicted octanol–water partition coefficient (Wildman–Crippen LogP) is 3.19. The van der Waals surface area contributed by atoms with Gasteiger partial charge in [-0.15, -0.1) is 0 Å². The average Bonchev–Trinajstić information content (AvgIpc) is 3.26. The van der Waals surface area contributed by atoms with E-state index in [2.05, 4.69) is 25.7 Å². The number of carbonyl (C=O) groups is 2. The summed E-state index contributed by atoms with van der Waals surface area (Å²) in [6.45, 7) is 5.99. The van der Waals surface area contributed by atoms with Crippen LogP contribution in [0.15, 0.2) is 60.9 Å². The molecule has 3 heterocycles. The third-order valence-corrected chi connectivity index (χ3v) is 4.80. The number of hydrogen-bond donors (Lipinski definition) is 2. The van der Waals surface area contributed by atoms with Crippen molar-refractivity contribution in [2.45, 2.75) is 33.4 Å². The van der Waals surface area contributed by atoms with E-state index in [0.717, 1.165) is 27.8 Å². The average molecular weight is 428 g/mol. The lowest BCUT2D eigenvalue weighted by Crippen LogP contribution is -2.31. The summed E-state index contributed by atoms with van der Waals surface area (Å²) >= 11 is 0. The standard InChI is InChI=1S/C24H24N6O2/c1-15(2)27-24(32)22-6-4-5-21(29-22)23(31)25-12-17-13-26-30(14-17)19-9-10-20-18(11-19)8-7-16(3)28-20/h4-11,13-15H,12H2,1-3H3,(H,25,31)(H,27,32). The Kier molecular flexibility index (Phi) is 5.93. The van der Waals surface area contributed by atoms with Crippen LogP contribution in [0.5, 0.6) is 0 Å². The van der Waals surface area contributed by atoms with Gasteiger partial charge in [-0.1, -0.05) is 12.1 Å². The lowest BCUT2D eigenvalue weighted by Gasteiger charge is -2.09. The third-order valence-electron chi connectivity index (χ3n) is 4.80. The second kappa shape index (κ2) is 8.97. The van der Waals surface area contributed by atoms with Gasteiger partial charge in [0.25, 0.3) is 11.8 Å². The molecule has 0 aliphatic heterocycles. The zero-order chi connectivity index (χ0) is 22.7. The molecular formula is C24H24N6O2. The Morgan fingerprint density at radius 2 is 1.78 bits per heavy atom. The second-order valence-corrected chi connectivity index (χ2v) is 7.84. The molecule has 32 heavy (non-hydrogen) atoms. The van der Waals surface area contributed by atoms with E-state index >= 15 is 0 Å². The molecule has 162 valence electrons. The Morgan fingerprint density at radius 1 is 1.00 bits per heavy atom. The van der Waals surface area contributed by atoms with E-state index < -0.39 is 0 Å². The highest BCUT2D eigenvalue weighted by Crippen LogP contribution is 2.17. The molecule has 0 saturated heterocycles. The molecule has 4 aromatic rings. The van der Waals surface area contributed by atoms with E-state index in [9.17, 15) is 9.59 Å². The minimum absolute atomic E-state index is 0.0127.